The van der Waals surface area contributed by atoms with Crippen LogP contribution in [-0.2, 0) is 20.0 Å². The molecule has 1 aromatic heterocycles. The van der Waals surface area contributed by atoms with Crippen LogP contribution in [0.4, 0.5) is 0 Å². The predicted molar refractivity (Wildman–Crippen MR) is 110 cm³/mol. The van der Waals surface area contributed by atoms with E-state index in [0.717, 1.165) is 15.6 Å². The molecule has 150 valence electrons. The summed E-state index contributed by atoms with van der Waals surface area (Å²) in [7, 11) is 0. The Kier molecular flexibility index (Phi) is 7.09. The van der Waals surface area contributed by atoms with E-state index in [9.17, 15) is 9.59 Å². The summed E-state index contributed by atoms with van der Waals surface area (Å²) in [6, 6.07) is 7.28. The number of esters is 1. The molecule has 6 nitrogen and oxygen atoms in total. The third-order valence-electron chi connectivity index (χ3n) is 4.25. The highest BCUT2D eigenvalue weighted by atomic mass is 32.2. The number of carbonyl (C=O) groups excluding carboxylic acids is 2. The van der Waals surface area contributed by atoms with Crippen molar-refractivity contribution in [2.75, 3.05) is 19.7 Å². The third-order valence-corrected chi connectivity index (χ3v) is 6.18. The summed E-state index contributed by atoms with van der Waals surface area (Å²) in [5, 5.41) is 3.04. The van der Waals surface area contributed by atoms with Crippen LogP contribution >= 0.6 is 23.1 Å². The van der Waals surface area contributed by atoms with E-state index in [1.54, 1.807) is 28.4 Å². The van der Waals surface area contributed by atoms with Gasteiger partial charge in [-0.2, -0.15) is 0 Å². The van der Waals surface area contributed by atoms with Gasteiger partial charge < -0.3 is 14.4 Å². The van der Waals surface area contributed by atoms with Crippen molar-refractivity contribution < 1.29 is 19.1 Å². The Balaban J connectivity index is 1.57. The SMILES string of the molecule is Cc1nc(CSc2ccccc2C(=O)OCC(=O)N2CC(C)OC(C)C2)cs1. The van der Waals surface area contributed by atoms with E-state index in [-0.39, 0.29) is 24.7 Å². The molecule has 0 aliphatic carbocycles. The van der Waals surface area contributed by atoms with Gasteiger partial charge in [0.05, 0.1) is 28.5 Å². The van der Waals surface area contributed by atoms with Crippen LogP contribution in [-0.4, -0.2) is 53.7 Å². The molecule has 1 aromatic carbocycles. The molecule has 0 N–H and O–H groups in total. The summed E-state index contributed by atoms with van der Waals surface area (Å²) in [5.74, 6) is -0.00406. The summed E-state index contributed by atoms with van der Waals surface area (Å²) >= 11 is 3.14. The second-order valence-electron chi connectivity index (χ2n) is 6.77. The number of ether oxygens (including phenoxy) is 2. The lowest BCUT2D eigenvalue weighted by Crippen LogP contribution is -2.49. The smallest absolute Gasteiger partial charge is 0.339 e. The number of amides is 1. The van der Waals surface area contributed by atoms with Crippen LogP contribution in [0.2, 0.25) is 0 Å². The van der Waals surface area contributed by atoms with Crippen LogP contribution in [0.25, 0.3) is 0 Å². The summed E-state index contributed by atoms with van der Waals surface area (Å²) in [6.07, 6.45) is -0.0373. The second-order valence-corrected chi connectivity index (χ2v) is 8.85. The zero-order chi connectivity index (χ0) is 20.1. The van der Waals surface area contributed by atoms with Crippen molar-refractivity contribution >= 4 is 35.0 Å². The Morgan fingerprint density at radius 2 is 2.00 bits per heavy atom. The molecule has 1 saturated heterocycles. The maximum atomic E-state index is 12.6. The Morgan fingerprint density at radius 1 is 1.29 bits per heavy atom. The molecular formula is C20H24N2O4S2. The molecule has 1 amide bonds. The lowest BCUT2D eigenvalue weighted by Gasteiger charge is -2.35. The lowest BCUT2D eigenvalue weighted by molar-refractivity contribution is -0.146. The van der Waals surface area contributed by atoms with E-state index < -0.39 is 5.97 Å². The number of hydrogen-bond acceptors (Lipinski definition) is 7. The Bertz CT molecular complexity index is 829. The van der Waals surface area contributed by atoms with E-state index in [0.29, 0.717) is 24.4 Å². The molecule has 2 unspecified atom stereocenters. The van der Waals surface area contributed by atoms with Crippen LogP contribution in [0.15, 0.2) is 34.5 Å². The summed E-state index contributed by atoms with van der Waals surface area (Å²) in [4.78, 5) is 31.9. The molecule has 1 aliphatic rings. The van der Waals surface area contributed by atoms with Crippen molar-refractivity contribution in [1.29, 1.82) is 0 Å². The number of benzene rings is 1. The molecule has 2 heterocycles. The van der Waals surface area contributed by atoms with Crippen molar-refractivity contribution in [2.45, 2.75) is 43.6 Å². The first-order valence-electron chi connectivity index (χ1n) is 9.15. The minimum atomic E-state index is -0.486. The number of hydrogen-bond donors (Lipinski definition) is 0. The molecule has 1 fully saturated rings. The molecule has 0 spiro atoms. The quantitative estimate of drug-likeness (QED) is 0.526. The Labute approximate surface area is 173 Å². The summed E-state index contributed by atoms with van der Waals surface area (Å²) in [5.41, 5.74) is 1.46. The van der Waals surface area contributed by atoms with Gasteiger partial charge in [0.2, 0.25) is 0 Å². The van der Waals surface area contributed by atoms with Gasteiger partial charge in [0.25, 0.3) is 5.91 Å². The molecule has 0 bridgehead atoms. The first-order valence-corrected chi connectivity index (χ1v) is 11.0. The largest absolute Gasteiger partial charge is 0.452 e. The van der Waals surface area contributed by atoms with E-state index in [1.165, 1.54) is 11.8 Å². The van der Waals surface area contributed by atoms with E-state index in [2.05, 4.69) is 4.98 Å². The topological polar surface area (TPSA) is 68.7 Å². The van der Waals surface area contributed by atoms with Crippen molar-refractivity contribution in [3.63, 3.8) is 0 Å². The monoisotopic (exact) mass is 420 g/mol. The van der Waals surface area contributed by atoms with Gasteiger partial charge in [-0.1, -0.05) is 12.1 Å². The first-order chi connectivity index (χ1) is 13.4. The first kappa shape index (κ1) is 20.8. The fraction of sp³-hybridized carbons (Fsp3) is 0.450. The number of rotatable bonds is 6. The predicted octanol–water partition coefficient (Wildman–Crippen LogP) is 3.54. The van der Waals surface area contributed by atoms with Gasteiger partial charge in [-0.3, -0.25) is 4.79 Å². The number of thiazole rings is 1. The fourth-order valence-electron chi connectivity index (χ4n) is 3.07. The normalized spacial score (nSPS) is 19.5. The van der Waals surface area contributed by atoms with Gasteiger partial charge in [-0.15, -0.1) is 23.1 Å². The van der Waals surface area contributed by atoms with Gasteiger partial charge in [-0.05, 0) is 32.9 Å². The number of nitrogens with zero attached hydrogens (tertiary/aromatic N) is 2. The van der Waals surface area contributed by atoms with E-state index >= 15 is 0 Å². The molecule has 0 radical (unpaired) electrons. The third kappa shape index (κ3) is 5.56. The van der Waals surface area contributed by atoms with Crippen LogP contribution < -0.4 is 0 Å². The molecule has 2 atom stereocenters. The highest BCUT2D eigenvalue weighted by Crippen LogP contribution is 2.27. The molecule has 1 aliphatic heterocycles. The van der Waals surface area contributed by atoms with Crippen LogP contribution in [0.3, 0.4) is 0 Å². The zero-order valence-electron chi connectivity index (χ0n) is 16.2. The number of thioether (sulfide) groups is 1. The summed E-state index contributed by atoms with van der Waals surface area (Å²) < 4.78 is 10.9. The average molecular weight is 421 g/mol. The van der Waals surface area contributed by atoms with Crippen LogP contribution in [0, 0.1) is 6.92 Å². The standard InChI is InChI=1S/C20H24N2O4S2/c1-13-8-22(9-14(2)26-13)19(23)10-25-20(24)17-6-4-5-7-18(17)28-12-16-11-27-15(3)21-16/h4-7,11,13-14H,8-10,12H2,1-3H3. The molecule has 2 aromatic rings. The molecular weight excluding hydrogens is 396 g/mol. The minimum absolute atomic E-state index is 0.0186. The van der Waals surface area contributed by atoms with Gasteiger partial charge in [0.15, 0.2) is 6.61 Å². The average Bonchev–Trinajstić information content (AvgIpc) is 3.09. The Hall–Kier alpha value is -1.90. The summed E-state index contributed by atoms with van der Waals surface area (Å²) in [6.45, 7) is 6.60. The van der Waals surface area contributed by atoms with Crippen LogP contribution in [0.5, 0.6) is 0 Å². The van der Waals surface area contributed by atoms with Gasteiger partial charge >= 0.3 is 5.97 Å². The molecule has 28 heavy (non-hydrogen) atoms. The second kappa shape index (κ2) is 9.54. The molecule has 0 saturated carbocycles. The lowest BCUT2D eigenvalue weighted by atomic mass is 10.2. The number of morpholine rings is 1. The van der Waals surface area contributed by atoms with Crippen molar-refractivity contribution in [1.82, 2.24) is 9.88 Å². The maximum absolute atomic E-state index is 12.6. The van der Waals surface area contributed by atoms with Crippen molar-refractivity contribution in [3.05, 3.63) is 45.9 Å². The number of carbonyl (C=O) groups is 2. The minimum Gasteiger partial charge on any atom is -0.452 e. The Morgan fingerprint density at radius 3 is 2.68 bits per heavy atom. The van der Waals surface area contributed by atoms with Gasteiger partial charge in [-0.25, -0.2) is 9.78 Å². The van der Waals surface area contributed by atoms with Gasteiger partial charge in [0.1, 0.15) is 0 Å². The molecule has 3 rings (SSSR count). The highest BCUT2D eigenvalue weighted by molar-refractivity contribution is 7.98. The van der Waals surface area contributed by atoms with Gasteiger partial charge in [0, 0.05) is 29.1 Å². The zero-order valence-corrected chi connectivity index (χ0v) is 17.8. The molecule has 8 heteroatoms. The number of aryl methyl sites for hydroxylation is 1. The number of aromatic nitrogens is 1. The maximum Gasteiger partial charge on any atom is 0.339 e. The van der Waals surface area contributed by atoms with Crippen molar-refractivity contribution in [2.24, 2.45) is 0 Å². The highest BCUT2D eigenvalue weighted by Gasteiger charge is 2.26. The van der Waals surface area contributed by atoms with E-state index in [1.807, 2.05) is 38.3 Å². The van der Waals surface area contributed by atoms with Crippen LogP contribution in [0.1, 0.15) is 34.9 Å². The van der Waals surface area contributed by atoms with E-state index in [4.69, 9.17) is 9.47 Å². The fourth-order valence-corrected chi connectivity index (χ4v) is 4.72. The van der Waals surface area contributed by atoms with Crippen molar-refractivity contribution in [3.8, 4) is 0 Å².